The Kier molecular flexibility index (Phi) is 6.26. The molecule has 1 unspecified atom stereocenters. The van der Waals surface area contributed by atoms with Crippen LogP contribution in [0.2, 0.25) is 0 Å². The lowest BCUT2D eigenvalue weighted by molar-refractivity contribution is -0.351. The number of hydrogen-bond acceptors (Lipinski definition) is 7. The van der Waals surface area contributed by atoms with Gasteiger partial charge in [-0.05, 0) is 6.42 Å². The van der Waals surface area contributed by atoms with E-state index in [0.29, 0.717) is 13.0 Å². The molecule has 1 N–H and O–H groups in total. The van der Waals surface area contributed by atoms with Crippen molar-refractivity contribution in [1.82, 2.24) is 0 Å². The van der Waals surface area contributed by atoms with E-state index < -0.39 is 36.8 Å². The third kappa shape index (κ3) is 3.92. The summed E-state index contributed by atoms with van der Waals surface area (Å²) in [6.45, 7) is 2.05. The van der Waals surface area contributed by atoms with Crippen molar-refractivity contribution in [3.8, 4) is 0 Å². The molecule has 0 radical (unpaired) electrons. The Morgan fingerprint density at radius 3 is 2.65 bits per heavy atom. The molecule has 0 aliphatic carbocycles. The molecule has 0 aromatic heterocycles. The minimum absolute atomic E-state index is 0.292. The number of ether oxygens (including phenoxy) is 5. The van der Waals surface area contributed by atoms with Gasteiger partial charge < -0.3 is 28.8 Å². The molecule has 144 valence electrons. The van der Waals surface area contributed by atoms with Gasteiger partial charge in [0, 0.05) is 18.6 Å². The summed E-state index contributed by atoms with van der Waals surface area (Å²) in [5.74, 6) is -1.13. The maximum Gasteiger partial charge on any atom is 0.308 e. The smallest absolute Gasteiger partial charge is 0.308 e. The zero-order chi connectivity index (χ0) is 18.7. The Labute approximate surface area is 153 Å². The molecule has 7 atom stereocenters. The first kappa shape index (κ1) is 19.3. The predicted molar refractivity (Wildman–Crippen MR) is 91.0 cm³/mol. The molecule has 7 heteroatoms. The predicted octanol–water partition coefficient (Wildman–Crippen LogP) is 1.65. The molecule has 2 saturated heterocycles. The highest BCUT2D eigenvalue weighted by Crippen LogP contribution is 2.38. The van der Waals surface area contributed by atoms with Gasteiger partial charge in [0.1, 0.15) is 12.2 Å². The van der Waals surface area contributed by atoms with Crippen LogP contribution in [-0.4, -0.2) is 56.5 Å². The first-order valence-electron chi connectivity index (χ1n) is 8.81. The molecule has 2 aliphatic heterocycles. The Bertz CT molecular complexity index is 593. The van der Waals surface area contributed by atoms with Crippen LogP contribution in [0.4, 0.5) is 0 Å². The Hall–Kier alpha value is -1.51. The second-order valence-corrected chi connectivity index (χ2v) is 6.77. The highest BCUT2D eigenvalue weighted by atomic mass is 16.7. The van der Waals surface area contributed by atoms with Crippen molar-refractivity contribution in [2.24, 2.45) is 11.8 Å². The number of aliphatic hydroxyl groups is 1. The van der Waals surface area contributed by atoms with Gasteiger partial charge in [-0.25, -0.2) is 0 Å². The van der Waals surface area contributed by atoms with Gasteiger partial charge in [-0.1, -0.05) is 37.3 Å². The number of rotatable bonds is 5. The van der Waals surface area contributed by atoms with Crippen LogP contribution in [-0.2, 0) is 28.5 Å². The summed E-state index contributed by atoms with van der Waals surface area (Å²) >= 11 is 0. The van der Waals surface area contributed by atoms with E-state index in [-0.39, 0.29) is 11.9 Å². The Morgan fingerprint density at radius 1 is 1.27 bits per heavy atom. The molecule has 2 heterocycles. The number of aliphatic hydroxyl groups excluding tert-OH is 1. The van der Waals surface area contributed by atoms with E-state index in [4.69, 9.17) is 23.7 Å². The SMILES string of the molecule is COC(=O)C(C)C[C@@H]1[C@@H](OC)O[C@@H]2CO[C@@H](c3ccccc3)O[C@H]2[C@H]1O. The number of carbonyl (C=O) groups excluding carboxylic acids is 1. The molecule has 1 aromatic carbocycles. The highest BCUT2D eigenvalue weighted by Gasteiger charge is 2.50. The number of fused-ring (bicyclic) bond motifs is 1. The Morgan fingerprint density at radius 2 is 2.00 bits per heavy atom. The van der Waals surface area contributed by atoms with Crippen LogP contribution in [0.15, 0.2) is 30.3 Å². The number of esters is 1. The summed E-state index contributed by atoms with van der Waals surface area (Å²) in [7, 11) is 2.87. The van der Waals surface area contributed by atoms with Crippen molar-refractivity contribution in [2.45, 2.75) is 44.2 Å². The average Bonchev–Trinajstić information content (AvgIpc) is 2.69. The standard InChI is InChI=1S/C19H26O7/c1-11(17(21)22-2)9-13-15(20)16-14(25-19(13)23-3)10-24-18(26-16)12-7-5-4-6-8-12/h4-8,11,13-16,18-20H,9-10H2,1-3H3/t11?,13-,14+,15-,16+,18+,19-/m0/s1. The van der Waals surface area contributed by atoms with E-state index in [1.807, 2.05) is 30.3 Å². The minimum Gasteiger partial charge on any atom is -0.469 e. The maximum absolute atomic E-state index is 11.8. The zero-order valence-corrected chi connectivity index (χ0v) is 15.2. The van der Waals surface area contributed by atoms with Gasteiger partial charge in [0.25, 0.3) is 0 Å². The number of carbonyl (C=O) groups is 1. The quantitative estimate of drug-likeness (QED) is 0.793. The lowest BCUT2D eigenvalue weighted by atomic mass is 9.84. The largest absolute Gasteiger partial charge is 0.469 e. The molecular weight excluding hydrogens is 340 g/mol. The van der Waals surface area contributed by atoms with Crippen LogP contribution >= 0.6 is 0 Å². The highest BCUT2D eigenvalue weighted by molar-refractivity contribution is 5.71. The summed E-state index contributed by atoms with van der Waals surface area (Å²) in [5, 5.41) is 10.9. The molecule has 0 saturated carbocycles. The molecule has 26 heavy (non-hydrogen) atoms. The normalized spacial score (nSPS) is 35.4. The molecule has 7 nitrogen and oxygen atoms in total. The molecule has 0 amide bonds. The van der Waals surface area contributed by atoms with Gasteiger partial charge in [0.05, 0.1) is 25.7 Å². The van der Waals surface area contributed by atoms with Crippen molar-refractivity contribution >= 4 is 5.97 Å². The van der Waals surface area contributed by atoms with Gasteiger partial charge in [0.15, 0.2) is 12.6 Å². The minimum atomic E-state index is -0.846. The van der Waals surface area contributed by atoms with E-state index in [9.17, 15) is 9.90 Å². The van der Waals surface area contributed by atoms with Gasteiger partial charge in [-0.3, -0.25) is 4.79 Å². The molecule has 3 rings (SSSR count). The van der Waals surface area contributed by atoms with Crippen LogP contribution in [0, 0.1) is 11.8 Å². The average molecular weight is 366 g/mol. The number of methoxy groups -OCH3 is 2. The van der Waals surface area contributed by atoms with E-state index >= 15 is 0 Å². The summed E-state index contributed by atoms with van der Waals surface area (Å²) in [6.07, 6.45) is -2.67. The summed E-state index contributed by atoms with van der Waals surface area (Å²) in [5.41, 5.74) is 0.881. The van der Waals surface area contributed by atoms with Crippen molar-refractivity contribution in [1.29, 1.82) is 0 Å². The summed E-state index contributed by atoms with van der Waals surface area (Å²) in [4.78, 5) is 11.8. The lowest BCUT2D eigenvalue weighted by Gasteiger charge is -2.48. The number of benzene rings is 1. The van der Waals surface area contributed by atoms with E-state index in [0.717, 1.165) is 5.56 Å². The van der Waals surface area contributed by atoms with Crippen molar-refractivity contribution in [3.05, 3.63) is 35.9 Å². The van der Waals surface area contributed by atoms with Gasteiger partial charge >= 0.3 is 5.97 Å². The second kappa shape index (κ2) is 8.45. The monoisotopic (exact) mass is 366 g/mol. The first-order chi connectivity index (χ1) is 12.5. The second-order valence-electron chi connectivity index (χ2n) is 6.77. The van der Waals surface area contributed by atoms with Crippen LogP contribution in [0.25, 0.3) is 0 Å². The van der Waals surface area contributed by atoms with E-state index in [1.54, 1.807) is 6.92 Å². The van der Waals surface area contributed by atoms with Crippen LogP contribution < -0.4 is 0 Å². The first-order valence-corrected chi connectivity index (χ1v) is 8.81. The molecule has 2 fully saturated rings. The molecule has 0 bridgehead atoms. The van der Waals surface area contributed by atoms with Crippen molar-refractivity contribution < 1.29 is 33.6 Å². The lowest BCUT2D eigenvalue weighted by Crippen LogP contribution is -2.60. The fraction of sp³-hybridized carbons (Fsp3) is 0.632. The molecular formula is C19H26O7. The fourth-order valence-electron chi connectivity index (χ4n) is 3.61. The maximum atomic E-state index is 11.8. The van der Waals surface area contributed by atoms with Gasteiger partial charge in [-0.2, -0.15) is 0 Å². The topological polar surface area (TPSA) is 83.5 Å². The van der Waals surface area contributed by atoms with Crippen LogP contribution in [0.1, 0.15) is 25.2 Å². The van der Waals surface area contributed by atoms with Gasteiger partial charge in [0.2, 0.25) is 0 Å². The molecule has 2 aliphatic rings. The van der Waals surface area contributed by atoms with E-state index in [2.05, 4.69) is 0 Å². The van der Waals surface area contributed by atoms with Crippen LogP contribution in [0.5, 0.6) is 0 Å². The van der Waals surface area contributed by atoms with Crippen molar-refractivity contribution in [2.75, 3.05) is 20.8 Å². The fourth-order valence-corrected chi connectivity index (χ4v) is 3.61. The summed E-state index contributed by atoms with van der Waals surface area (Å²) in [6, 6.07) is 9.56. The zero-order valence-electron chi connectivity index (χ0n) is 15.2. The summed E-state index contributed by atoms with van der Waals surface area (Å²) < 4.78 is 27.9. The number of hydrogen-bond donors (Lipinski definition) is 1. The van der Waals surface area contributed by atoms with Crippen molar-refractivity contribution in [3.63, 3.8) is 0 Å². The molecule has 0 spiro atoms. The third-order valence-electron chi connectivity index (χ3n) is 5.03. The third-order valence-corrected chi connectivity index (χ3v) is 5.03. The van der Waals surface area contributed by atoms with Crippen LogP contribution in [0.3, 0.4) is 0 Å². The van der Waals surface area contributed by atoms with Gasteiger partial charge in [-0.15, -0.1) is 0 Å². The van der Waals surface area contributed by atoms with E-state index in [1.165, 1.54) is 14.2 Å². The molecule has 1 aromatic rings. The Balaban J connectivity index is 1.73.